The normalized spacial score (nSPS) is 12.2. The van der Waals surface area contributed by atoms with Gasteiger partial charge >= 0.3 is 0 Å². The molecule has 2 rings (SSSR count). The lowest BCUT2D eigenvalue weighted by molar-refractivity contribution is 0.439. The summed E-state index contributed by atoms with van der Waals surface area (Å²) in [4.78, 5) is 4.35. The molecule has 1 aromatic heterocycles. The quantitative estimate of drug-likeness (QED) is 0.874. The third kappa shape index (κ3) is 3.55. The van der Waals surface area contributed by atoms with Crippen molar-refractivity contribution in [3.8, 4) is 11.5 Å². The van der Waals surface area contributed by atoms with Crippen molar-refractivity contribution in [3.63, 3.8) is 0 Å². The molecule has 1 N–H and O–H groups in total. The summed E-state index contributed by atoms with van der Waals surface area (Å²) in [5, 5.41) is 3.18. The van der Waals surface area contributed by atoms with Crippen molar-refractivity contribution in [1.29, 1.82) is 0 Å². The largest absolute Gasteiger partial charge is 0.453 e. The van der Waals surface area contributed by atoms with Crippen LogP contribution in [-0.4, -0.2) is 12.0 Å². The van der Waals surface area contributed by atoms with E-state index in [1.165, 1.54) is 6.07 Å². The minimum Gasteiger partial charge on any atom is -0.453 e. The molecule has 0 aliphatic carbocycles. The number of aromatic nitrogens is 1. The Balaban J connectivity index is 2.16. The van der Waals surface area contributed by atoms with Gasteiger partial charge in [0.2, 0.25) is 0 Å². The zero-order valence-corrected chi connectivity index (χ0v) is 12.9. The highest BCUT2D eigenvalue weighted by Crippen LogP contribution is 2.27. The average Bonchev–Trinajstić information content (AvgIpc) is 2.46. The number of nitrogens with zero attached hydrogens (tertiary/aromatic N) is 1. The Kier molecular flexibility index (Phi) is 5.09. The highest BCUT2D eigenvalue weighted by Gasteiger charge is 2.09. The Hall–Kier alpha value is -1.46. The predicted octanol–water partition coefficient (Wildman–Crippen LogP) is 4.45. The monoisotopic (exact) mass is 338 g/mol. The van der Waals surface area contributed by atoms with Gasteiger partial charge in [0.1, 0.15) is 5.75 Å². The van der Waals surface area contributed by atoms with E-state index >= 15 is 0 Å². The van der Waals surface area contributed by atoms with E-state index < -0.39 is 5.82 Å². The van der Waals surface area contributed by atoms with E-state index in [1.54, 1.807) is 24.4 Å². The van der Waals surface area contributed by atoms with Gasteiger partial charge in [0.15, 0.2) is 11.6 Å². The molecule has 0 fully saturated rings. The first-order valence-corrected chi connectivity index (χ1v) is 7.19. The average molecular weight is 339 g/mol. The SMILES string of the molecule is CCC(NC)c1ccc(Oc2cc(Br)ccc2F)cn1. The van der Waals surface area contributed by atoms with Crippen LogP contribution in [0.3, 0.4) is 0 Å². The third-order valence-corrected chi connectivity index (χ3v) is 3.49. The summed E-state index contributed by atoms with van der Waals surface area (Å²) in [6, 6.07) is 8.47. The maximum absolute atomic E-state index is 13.6. The lowest BCUT2D eigenvalue weighted by atomic mass is 10.1. The first-order valence-electron chi connectivity index (χ1n) is 6.40. The molecule has 1 heterocycles. The van der Waals surface area contributed by atoms with E-state index in [1.807, 2.05) is 13.1 Å². The summed E-state index contributed by atoms with van der Waals surface area (Å²) in [5.41, 5.74) is 0.942. The van der Waals surface area contributed by atoms with Crippen LogP contribution in [0.2, 0.25) is 0 Å². The molecule has 2 aromatic rings. The van der Waals surface area contributed by atoms with Crippen LogP contribution in [0, 0.1) is 5.82 Å². The molecule has 1 atom stereocenters. The van der Waals surface area contributed by atoms with Crippen LogP contribution in [-0.2, 0) is 0 Å². The van der Waals surface area contributed by atoms with Crippen LogP contribution >= 0.6 is 15.9 Å². The summed E-state index contributed by atoms with van der Waals surface area (Å²) < 4.78 is 19.9. The first kappa shape index (κ1) is 14.9. The van der Waals surface area contributed by atoms with Gasteiger partial charge < -0.3 is 10.1 Å². The Bertz CT molecular complexity index is 571. The highest BCUT2D eigenvalue weighted by atomic mass is 79.9. The van der Waals surface area contributed by atoms with Crippen molar-refractivity contribution in [2.45, 2.75) is 19.4 Å². The molecule has 0 saturated heterocycles. The Labute approximate surface area is 126 Å². The van der Waals surface area contributed by atoms with Gasteiger partial charge in [0.25, 0.3) is 0 Å². The molecule has 0 aliphatic rings. The smallest absolute Gasteiger partial charge is 0.165 e. The Morgan fingerprint density at radius 1 is 1.35 bits per heavy atom. The van der Waals surface area contributed by atoms with Gasteiger partial charge in [-0.3, -0.25) is 4.98 Å². The summed E-state index contributed by atoms with van der Waals surface area (Å²) in [5.74, 6) is 0.283. The summed E-state index contributed by atoms with van der Waals surface area (Å²) in [7, 11) is 1.90. The fraction of sp³-hybridized carbons (Fsp3) is 0.267. The van der Waals surface area contributed by atoms with E-state index in [-0.39, 0.29) is 11.8 Å². The molecule has 3 nitrogen and oxygen atoms in total. The van der Waals surface area contributed by atoms with E-state index in [9.17, 15) is 4.39 Å². The molecule has 0 radical (unpaired) electrons. The van der Waals surface area contributed by atoms with Crippen molar-refractivity contribution >= 4 is 15.9 Å². The molecule has 0 amide bonds. The zero-order chi connectivity index (χ0) is 14.5. The molecule has 5 heteroatoms. The second-order valence-electron chi connectivity index (χ2n) is 4.35. The van der Waals surface area contributed by atoms with Crippen LogP contribution in [0.25, 0.3) is 0 Å². The number of halogens is 2. The van der Waals surface area contributed by atoms with E-state index in [0.717, 1.165) is 16.6 Å². The number of pyridine rings is 1. The van der Waals surface area contributed by atoms with E-state index in [4.69, 9.17) is 4.74 Å². The van der Waals surface area contributed by atoms with Crippen LogP contribution in [0.15, 0.2) is 41.0 Å². The molecule has 1 aromatic carbocycles. The first-order chi connectivity index (χ1) is 9.63. The molecular weight excluding hydrogens is 323 g/mol. The zero-order valence-electron chi connectivity index (χ0n) is 11.4. The highest BCUT2D eigenvalue weighted by molar-refractivity contribution is 9.10. The fourth-order valence-corrected chi connectivity index (χ4v) is 2.24. The van der Waals surface area contributed by atoms with Gasteiger partial charge in [-0.15, -0.1) is 0 Å². The van der Waals surface area contributed by atoms with Crippen LogP contribution in [0.5, 0.6) is 11.5 Å². The molecule has 0 aliphatic heterocycles. The summed E-state index contributed by atoms with van der Waals surface area (Å²) in [6.45, 7) is 2.09. The van der Waals surface area contributed by atoms with Crippen molar-refractivity contribution in [2.75, 3.05) is 7.05 Å². The third-order valence-electron chi connectivity index (χ3n) is 2.99. The predicted molar refractivity (Wildman–Crippen MR) is 80.5 cm³/mol. The summed E-state index contributed by atoms with van der Waals surface area (Å²) in [6.07, 6.45) is 2.56. The Morgan fingerprint density at radius 3 is 2.75 bits per heavy atom. The number of rotatable bonds is 5. The topological polar surface area (TPSA) is 34.1 Å². The van der Waals surface area contributed by atoms with Gasteiger partial charge in [-0.25, -0.2) is 4.39 Å². The van der Waals surface area contributed by atoms with Crippen LogP contribution in [0.1, 0.15) is 25.1 Å². The fourth-order valence-electron chi connectivity index (χ4n) is 1.90. The van der Waals surface area contributed by atoms with E-state index in [2.05, 4.69) is 33.2 Å². The summed E-state index contributed by atoms with van der Waals surface area (Å²) >= 11 is 3.29. The molecular formula is C15H16BrFN2O. The molecule has 0 spiro atoms. The minimum absolute atomic E-state index is 0.176. The van der Waals surface area contributed by atoms with Gasteiger partial charge in [-0.1, -0.05) is 22.9 Å². The second-order valence-corrected chi connectivity index (χ2v) is 5.26. The lowest BCUT2D eigenvalue weighted by Crippen LogP contribution is -2.16. The Morgan fingerprint density at radius 2 is 2.15 bits per heavy atom. The molecule has 0 bridgehead atoms. The molecule has 106 valence electrons. The number of benzene rings is 1. The van der Waals surface area contributed by atoms with Gasteiger partial charge in [0.05, 0.1) is 11.9 Å². The van der Waals surface area contributed by atoms with Crippen LogP contribution in [0.4, 0.5) is 4.39 Å². The maximum Gasteiger partial charge on any atom is 0.165 e. The number of nitrogens with one attached hydrogen (secondary N) is 1. The number of ether oxygens (including phenoxy) is 1. The second kappa shape index (κ2) is 6.81. The molecule has 1 unspecified atom stereocenters. The van der Waals surface area contributed by atoms with Crippen LogP contribution < -0.4 is 10.1 Å². The lowest BCUT2D eigenvalue weighted by Gasteiger charge is -2.13. The number of hydrogen-bond acceptors (Lipinski definition) is 3. The van der Waals surface area contributed by atoms with Crippen molar-refractivity contribution in [1.82, 2.24) is 10.3 Å². The standard InChI is InChI=1S/C15H16BrFN2O/c1-3-13(18-2)14-7-5-11(9-19-14)20-15-8-10(16)4-6-12(15)17/h4-9,13,18H,3H2,1-2H3. The van der Waals surface area contributed by atoms with E-state index in [0.29, 0.717) is 5.75 Å². The molecule has 20 heavy (non-hydrogen) atoms. The maximum atomic E-state index is 13.6. The molecule has 0 saturated carbocycles. The number of hydrogen-bond donors (Lipinski definition) is 1. The minimum atomic E-state index is -0.404. The van der Waals surface area contributed by atoms with Gasteiger partial charge in [-0.2, -0.15) is 0 Å². The van der Waals surface area contributed by atoms with Crippen molar-refractivity contribution in [3.05, 3.63) is 52.5 Å². The van der Waals surface area contributed by atoms with Crippen molar-refractivity contribution in [2.24, 2.45) is 0 Å². The van der Waals surface area contributed by atoms with Gasteiger partial charge in [0, 0.05) is 10.5 Å². The van der Waals surface area contributed by atoms with Crippen molar-refractivity contribution < 1.29 is 9.13 Å². The van der Waals surface area contributed by atoms with Gasteiger partial charge in [-0.05, 0) is 43.8 Å².